The van der Waals surface area contributed by atoms with Gasteiger partial charge in [-0.25, -0.2) is 0 Å². The Morgan fingerprint density at radius 3 is 2.71 bits per heavy atom. The average molecular weight is 231 g/mol. The lowest BCUT2D eigenvalue weighted by Gasteiger charge is -2.21. The Hall–Kier alpha value is -1.97. The van der Waals surface area contributed by atoms with Crippen LogP contribution in [-0.4, -0.2) is 12.2 Å². The molecule has 0 spiro atoms. The predicted octanol–water partition coefficient (Wildman–Crippen LogP) is 2.51. The molecule has 0 bridgehead atoms. The Bertz CT molecular complexity index is 499. The van der Waals surface area contributed by atoms with E-state index >= 15 is 0 Å². The van der Waals surface area contributed by atoms with Gasteiger partial charge < -0.3 is 15.2 Å². The number of hydrogen-bond acceptors (Lipinski definition) is 4. The number of anilines is 2. The highest BCUT2D eigenvalue weighted by Crippen LogP contribution is 2.27. The number of nitrogen functional groups attached to an aromatic ring is 1. The Balaban J connectivity index is 2.22. The summed E-state index contributed by atoms with van der Waals surface area (Å²) < 4.78 is 5.05. The maximum absolute atomic E-state index is 6.00. The van der Waals surface area contributed by atoms with Crippen LogP contribution in [0.1, 0.15) is 17.0 Å². The molecule has 0 aliphatic rings. The van der Waals surface area contributed by atoms with E-state index in [0.717, 1.165) is 28.4 Å². The van der Waals surface area contributed by atoms with Gasteiger partial charge in [0.25, 0.3) is 0 Å². The number of hydrogen-bond donors (Lipinski definition) is 1. The van der Waals surface area contributed by atoms with Crippen molar-refractivity contribution in [1.29, 1.82) is 0 Å². The van der Waals surface area contributed by atoms with Crippen LogP contribution in [0, 0.1) is 13.8 Å². The van der Waals surface area contributed by atoms with E-state index in [0.29, 0.717) is 6.54 Å². The summed E-state index contributed by atoms with van der Waals surface area (Å²) in [7, 11) is 2.00. The van der Waals surface area contributed by atoms with Gasteiger partial charge >= 0.3 is 0 Å². The lowest BCUT2D eigenvalue weighted by Crippen LogP contribution is -2.19. The van der Waals surface area contributed by atoms with Crippen molar-refractivity contribution in [1.82, 2.24) is 5.16 Å². The van der Waals surface area contributed by atoms with Crippen molar-refractivity contribution in [2.24, 2.45) is 0 Å². The van der Waals surface area contributed by atoms with Gasteiger partial charge in [0.15, 0.2) is 0 Å². The molecule has 0 fully saturated rings. The monoisotopic (exact) mass is 231 g/mol. The quantitative estimate of drug-likeness (QED) is 0.825. The van der Waals surface area contributed by atoms with Gasteiger partial charge in [0.1, 0.15) is 11.5 Å². The fourth-order valence-corrected chi connectivity index (χ4v) is 2.02. The SMILES string of the molecule is Cc1cc(CN(C)c2c(C)cccc2N)no1. The molecule has 1 heterocycles. The van der Waals surface area contributed by atoms with Gasteiger partial charge in [-0.2, -0.15) is 0 Å². The summed E-state index contributed by atoms with van der Waals surface area (Å²) in [5.41, 5.74) is 9.90. The third-order valence-electron chi connectivity index (χ3n) is 2.73. The van der Waals surface area contributed by atoms with Crippen LogP contribution >= 0.6 is 0 Å². The lowest BCUT2D eigenvalue weighted by molar-refractivity contribution is 0.390. The van der Waals surface area contributed by atoms with Crippen molar-refractivity contribution in [3.63, 3.8) is 0 Å². The minimum atomic E-state index is 0.687. The number of benzene rings is 1. The summed E-state index contributed by atoms with van der Waals surface area (Å²) >= 11 is 0. The smallest absolute Gasteiger partial charge is 0.133 e. The van der Waals surface area contributed by atoms with Crippen LogP contribution in [0.4, 0.5) is 11.4 Å². The summed E-state index contributed by atoms with van der Waals surface area (Å²) in [5, 5.41) is 3.98. The fraction of sp³-hybridized carbons (Fsp3) is 0.308. The van der Waals surface area contributed by atoms with Crippen LogP contribution in [0.3, 0.4) is 0 Å². The summed E-state index contributed by atoms with van der Waals surface area (Å²) in [4.78, 5) is 2.09. The molecular weight excluding hydrogens is 214 g/mol. The van der Waals surface area contributed by atoms with Gasteiger partial charge in [-0.15, -0.1) is 0 Å². The zero-order valence-corrected chi connectivity index (χ0v) is 10.4. The third-order valence-corrected chi connectivity index (χ3v) is 2.73. The number of para-hydroxylation sites is 1. The molecule has 2 rings (SSSR count). The Morgan fingerprint density at radius 1 is 1.35 bits per heavy atom. The molecule has 2 N–H and O–H groups in total. The summed E-state index contributed by atoms with van der Waals surface area (Å²) in [5.74, 6) is 0.825. The van der Waals surface area contributed by atoms with E-state index in [2.05, 4.69) is 23.0 Å². The molecule has 0 aliphatic carbocycles. The molecule has 0 aliphatic heterocycles. The zero-order valence-electron chi connectivity index (χ0n) is 10.4. The topological polar surface area (TPSA) is 55.3 Å². The normalized spacial score (nSPS) is 10.5. The highest BCUT2D eigenvalue weighted by molar-refractivity contribution is 5.70. The maximum Gasteiger partial charge on any atom is 0.133 e. The van der Waals surface area contributed by atoms with Gasteiger partial charge in [0.05, 0.1) is 17.9 Å². The van der Waals surface area contributed by atoms with Gasteiger partial charge in [-0.3, -0.25) is 0 Å². The molecule has 1 aromatic heterocycles. The Labute approximate surface area is 101 Å². The summed E-state index contributed by atoms with van der Waals surface area (Å²) in [6, 6.07) is 7.86. The van der Waals surface area contributed by atoms with E-state index in [-0.39, 0.29) is 0 Å². The first-order valence-electron chi connectivity index (χ1n) is 5.56. The van der Waals surface area contributed by atoms with Gasteiger partial charge in [-0.1, -0.05) is 17.3 Å². The highest BCUT2D eigenvalue weighted by atomic mass is 16.5. The second-order valence-corrected chi connectivity index (χ2v) is 4.30. The number of aromatic nitrogens is 1. The van der Waals surface area contributed by atoms with Crippen molar-refractivity contribution in [2.45, 2.75) is 20.4 Å². The second kappa shape index (κ2) is 4.49. The first-order valence-corrected chi connectivity index (χ1v) is 5.56. The van der Waals surface area contributed by atoms with Gasteiger partial charge in [0.2, 0.25) is 0 Å². The molecule has 0 atom stereocenters. The van der Waals surface area contributed by atoms with Gasteiger partial charge in [0, 0.05) is 13.1 Å². The Kier molecular flexibility index (Phi) is 3.04. The van der Waals surface area contributed by atoms with E-state index in [1.807, 2.05) is 32.2 Å². The van der Waals surface area contributed by atoms with Gasteiger partial charge in [-0.05, 0) is 25.5 Å². The molecule has 90 valence electrons. The van der Waals surface area contributed by atoms with Crippen molar-refractivity contribution in [3.05, 3.63) is 41.3 Å². The minimum absolute atomic E-state index is 0.687. The van der Waals surface area contributed by atoms with Crippen molar-refractivity contribution in [3.8, 4) is 0 Å². The van der Waals surface area contributed by atoms with Crippen LogP contribution in [0.15, 0.2) is 28.8 Å². The standard InChI is InChI=1S/C13H17N3O/c1-9-5-4-6-12(14)13(9)16(3)8-11-7-10(2)17-15-11/h4-7H,8,14H2,1-3H3. The van der Waals surface area contributed by atoms with Crippen molar-refractivity contribution in [2.75, 3.05) is 17.7 Å². The molecule has 0 radical (unpaired) electrons. The van der Waals surface area contributed by atoms with E-state index in [9.17, 15) is 0 Å². The van der Waals surface area contributed by atoms with Crippen molar-refractivity contribution < 1.29 is 4.52 Å². The molecule has 0 saturated carbocycles. The van der Waals surface area contributed by atoms with Crippen LogP contribution in [0.5, 0.6) is 0 Å². The zero-order chi connectivity index (χ0) is 12.4. The summed E-state index contributed by atoms with van der Waals surface area (Å²) in [6.07, 6.45) is 0. The van der Waals surface area contributed by atoms with E-state index in [1.54, 1.807) is 0 Å². The lowest BCUT2D eigenvalue weighted by atomic mass is 10.1. The van der Waals surface area contributed by atoms with E-state index < -0.39 is 0 Å². The molecule has 17 heavy (non-hydrogen) atoms. The van der Waals surface area contributed by atoms with E-state index in [4.69, 9.17) is 10.3 Å². The van der Waals surface area contributed by atoms with Crippen LogP contribution in [-0.2, 0) is 6.54 Å². The fourth-order valence-electron chi connectivity index (χ4n) is 2.02. The molecule has 4 nitrogen and oxygen atoms in total. The Morgan fingerprint density at radius 2 is 2.12 bits per heavy atom. The van der Waals surface area contributed by atoms with Crippen LogP contribution in [0.25, 0.3) is 0 Å². The van der Waals surface area contributed by atoms with Crippen LogP contribution < -0.4 is 10.6 Å². The number of nitrogens with zero attached hydrogens (tertiary/aromatic N) is 2. The van der Waals surface area contributed by atoms with Crippen LogP contribution in [0.2, 0.25) is 0 Å². The van der Waals surface area contributed by atoms with E-state index in [1.165, 1.54) is 0 Å². The molecule has 0 saturated heterocycles. The first kappa shape index (κ1) is 11.5. The molecule has 0 amide bonds. The first-order chi connectivity index (χ1) is 8.08. The minimum Gasteiger partial charge on any atom is -0.397 e. The third kappa shape index (κ3) is 2.41. The second-order valence-electron chi connectivity index (χ2n) is 4.30. The highest BCUT2D eigenvalue weighted by Gasteiger charge is 2.10. The predicted molar refractivity (Wildman–Crippen MR) is 68.9 cm³/mol. The average Bonchev–Trinajstić information content (AvgIpc) is 2.63. The molecule has 4 heteroatoms. The molecular formula is C13H17N3O. The maximum atomic E-state index is 6.00. The molecule has 1 aromatic carbocycles. The largest absolute Gasteiger partial charge is 0.397 e. The van der Waals surface area contributed by atoms with Crippen molar-refractivity contribution >= 4 is 11.4 Å². The number of nitrogens with two attached hydrogens (primary N) is 1. The summed E-state index contributed by atoms with van der Waals surface area (Å²) in [6.45, 7) is 4.63. The number of aryl methyl sites for hydroxylation is 2. The number of rotatable bonds is 3. The molecule has 2 aromatic rings. The molecule has 0 unspecified atom stereocenters.